The highest BCUT2D eigenvalue weighted by molar-refractivity contribution is 5.97. The molecule has 0 atom stereocenters. The largest absolute Gasteiger partial charge is 0.245 e. The van der Waals surface area contributed by atoms with Gasteiger partial charge in [-0.15, -0.1) is 0 Å². The molecular weight excluding hydrogens is 276 g/mol. The summed E-state index contributed by atoms with van der Waals surface area (Å²) >= 11 is 0. The van der Waals surface area contributed by atoms with E-state index in [1.807, 2.05) is 6.07 Å². The molecule has 0 saturated heterocycles. The lowest BCUT2D eigenvalue weighted by molar-refractivity contribution is -0.0791. The van der Waals surface area contributed by atoms with Crippen molar-refractivity contribution in [1.82, 2.24) is 15.4 Å². The Hall–Kier alpha value is -2.27. The van der Waals surface area contributed by atoms with Crippen LogP contribution in [0.3, 0.4) is 0 Å². The number of benzene rings is 1. The molecule has 1 spiro atoms. The van der Waals surface area contributed by atoms with Crippen LogP contribution < -0.4 is 5.48 Å². The molecule has 2 aliphatic rings. The van der Waals surface area contributed by atoms with Gasteiger partial charge in [0.15, 0.2) is 11.6 Å². The summed E-state index contributed by atoms with van der Waals surface area (Å²) in [6.07, 6.45) is 7.27. The van der Waals surface area contributed by atoms with Crippen LogP contribution in [0, 0.1) is 0 Å². The first kappa shape index (κ1) is 13.4. The smallest absolute Gasteiger partial charge is 0.187 e. The van der Waals surface area contributed by atoms with Gasteiger partial charge < -0.3 is 0 Å². The van der Waals surface area contributed by atoms with Crippen LogP contribution in [-0.2, 0) is 4.84 Å². The topological polar surface area (TPSA) is 59.4 Å². The maximum atomic E-state index is 5.82. The number of hydrogen-bond donors (Lipinski definition) is 1. The van der Waals surface area contributed by atoms with Crippen molar-refractivity contribution >= 4 is 5.84 Å². The van der Waals surface area contributed by atoms with Gasteiger partial charge in [-0.25, -0.2) is 25.3 Å². The molecule has 112 valence electrons. The third-order valence-corrected chi connectivity index (χ3v) is 4.52. The van der Waals surface area contributed by atoms with Crippen molar-refractivity contribution < 1.29 is 4.84 Å². The van der Waals surface area contributed by atoms with E-state index in [1.54, 1.807) is 6.20 Å². The summed E-state index contributed by atoms with van der Waals surface area (Å²) in [6.45, 7) is 0. The summed E-state index contributed by atoms with van der Waals surface area (Å²) in [5.41, 5.74) is 4.72. The van der Waals surface area contributed by atoms with Crippen molar-refractivity contribution in [1.29, 1.82) is 0 Å². The zero-order valence-electron chi connectivity index (χ0n) is 12.3. The lowest BCUT2D eigenvalue weighted by Gasteiger charge is -2.33. The normalized spacial score (nSPS) is 27.5. The maximum Gasteiger partial charge on any atom is 0.187 e. The van der Waals surface area contributed by atoms with E-state index in [0.29, 0.717) is 11.8 Å². The standard InChI is InChI=1S/C17H18N4O/c1-2-4-13(5-3-1)14-6-9-17(10-7-14)20-16(21-22-17)15-8-11-18-12-19-15/h1-5,8,11-12,14H,6-7,9-10H2,(H,20,21). The Kier molecular flexibility index (Phi) is 3.35. The summed E-state index contributed by atoms with van der Waals surface area (Å²) in [7, 11) is 0. The van der Waals surface area contributed by atoms with E-state index < -0.39 is 5.72 Å². The Morgan fingerprint density at radius 2 is 1.91 bits per heavy atom. The predicted octanol–water partition coefficient (Wildman–Crippen LogP) is 2.81. The van der Waals surface area contributed by atoms with Crippen LogP contribution >= 0.6 is 0 Å². The lowest BCUT2D eigenvalue weighted by Crippen LogP contribution is -2.34. The number of nitrogens with one attached hydrogen (secondary N) is 1. The third kappa shape index (κ3) is 2.48. The third-order valence-electron chi connectivity index (χ3n) is 4.52. The van der Waals surface area contributed by atoms with Crippen LogP contribution in [0.25, 0.3) is 0 Å². The van der Waals surface area contributed by atoms with Crippen molar-refractivity contribution in [3.63, 3.8) is 0 Å². The SMILES string of the molecule is c1ccc(C2CCC3(CC2)N=C(c2ccncn2)NO3)cc1. The summed E-state index contributed by atoms with van der Waals surface area (Å²) in [5, 5.41) is 0. The molecule has 5 heteroatoms. The fourth-order valence-electron chi connectivity index (χ4n) is 3.27. The van der Waals surface area contributed by atoms with Crippen LogP contribution in [0.1, 0.15) is 42.9 Å². The lowest BCUT2D eigenvalue weighted by atomic mass is 9.80. The number of hydrogen-bond acceptors (Lipinski definition) is 5. The summed E-state index contributed by atoms with van der Waals surface area (Å²) in [4.78, 5) is 18.7. The van der Waals surface area contributed by atoms with Crippen LogP contribution in [0.4, 0.5) is 0 Å². The Balaban J connectivity index is 1.48. The van der Waals surface area contributed by atoms with Crippen molar-refractivity contribution in [3.05, 3.63) is 60.2 Å². The minimum Gasteiger partial charge on any atom is -0.245 e. The van der Waals surface area contributed by atoms with Gasteiger partial charge in [0.05, 0.1) is 0 Å². The molecule has 1 aliphatic carbocycles. The highest BCUT2D eigenvalue weighted by Crippen LogP contribution is 2.41. The molecule has 0 amide bonds. The zero-order chi connectivity index (χ0) is 14.8. The summed E-state index contributed by atoms with van der Waals surface area (Å²) < 4.78 is 0. The highest BCUT2D eigenvalue weighted by atomic mass is 16.7. The number of aliphatic imine (C=N–C) groups is 1. The molecule has 1 fully saturated rings. The van der Waals surface area contributed by atoms with Gasteiger partial charge >= 0.3 is 0 Å². The van der Waals surface area contributed by atoms with Crippen LogP contribution in [0.2, 0.25) is 0 Å². The van der Waals surface area contributed by atoms with Crippen LogP contribution in [0.5, 0.6) is 0 Å². The average molecular weight is 294 g/mol. The van der Waals surface area contributed by atoms with Gasteiger partial charge in [-0.1, -0.05) is 30.3 Å². The molecule has 0 unspecified atom stereocenters. The first-order chi connectivity index (χ1) is 10.8. The number of nitrogens with zero attached hydrogens (tertiary/aromatic N) is 3. The van der Waals surface area contributed by atoms with Gasteiger partial charge in [-0.2, -0.15) is 0 Å². The van der Waals surface area contributed by atoms with Crippen molar-refractivity contribution in [3.8, 4) is 0 Å². The van der Waals surface area contributed by atoms with E-state index in [9.17, 15) is 0 Å². The molecule has 2 heterocycles. The van der Waals surface area contributed by atoms with E-state index in [0.717, 1.165) is 31.4 Å². The molecule has 5 nitrogen and oxygen atoms in total. The number of aromatic nitrogens is 2. The Morgan fingerprint density at radius 3 is 2.64 bits per heavy atom. The maximum absolute atomic E-state index is 5.82. The molecule has 1 aromatic carbocycles. The molecule has 2 aromatic rings. The van der Waals surface area contributed by atoms with Gasteiger partial charge in [-0.3, -0.25) is 0 Å². The monoisotopic (exact) mass is 294 g/mol. The van der Waals surface area contributed by atoms with Crippen molar-refractivity contribution in [2.45, 2.75) is 37.3 Å². The average Bonchev–Trinajstić information content (AvgIpc) is 3.01. The van der Waals surface area contributed by atoms with Crippen molar-refractivity contribution in [2.75, 3.05) is 0 Å². The summed E-state index contributed by atoms with van der Waals surface area (Å²) in [5.74, 6) is 1.31. The molecule has 4 rings (SSSR count). The first-order valence-corrected chi connectivity index (χ1v) is 7.70. The van der Waals surface area contributed by atoms with Gasteiger partial charge in [0.1, 0.15) is 12.0 Å². The molecular formula is C17H18N4O. The molecule has 1 aliphatic heterocycles. The van der Waals surface area contributed by atoms with Crippen molar-refractivity contribution in [2.24, 2.45) is 4.99 Å². The predicted molar refractivity (Wildman–Crippen MR) is 83.2 cm³/mol. The molecule has 0 bridgehead atoms. The number of rotatable bonds is 2. The Morgan fingerprint density at radius 1 is 1.09 bits per heavy atom. The van der Waals surface area contributed by atoms with E-state index >= 15 is 0 Å². The minimum absolute atomic E-state index is 0.425. The van der Waals surface area contributed by atoms with Gasteiger partial charge in [0.2, 0.25) is 0 Å². The summed E-state index contributed by atoms with van der Waals surface area (Å²) in [6, 6.07) is 12.6. The molecule has 1 saturated carbocycles. The quantitative estimate of drug-likeness (QED) is 0.925. The van der Waals surface area contributed by atoms with Gasteiger partial charge in [0, 0.05) is 19.0 Å². The fraction of sp³-hybridized carbons (Fsp3) is 0.353. The zero-order valence-corrected chi connectivity index (χ0v) is 12.3. The number of amidine groups is 1. The van der Waals surface area contributed by atoms with E-state index in [1.165, 1.54) is 11.9 Å². The molecule has 22 heavy (non-hydrogen) atoms. The second kappa shape index (κ2) is 5.50. The second-order valence-corrected chi connectivity index (χ2v) is 5.89. The van der Waals surface area contributed by atoms with Gasteiger partial charge in [0.25, 0.3) is 0 Å². The van der Waals surface area contributed by atoms with Crippen LogP contribution in [-0.4, -0.2) is 21.5 Å². The van der Waals surface area contributed by atoms with E-state index in [4.69, 9.17) is 9.83 Å². The minimum atomic E-state index is -0.425. The van der Waals surface area contributed by atoms with E-state index in [-0.39, 0.29) is 0 Å². The highest BCUT2D eigenvalue weighted by Gasteiger charge is 2.41. The first-order valence-electron chi connectivity index (χ1n) is 7.70. The Labute approximate surface area is 129 Å². The molecule has 0 radical (unpaired) electrons. The molecule has 1 aromatic heterocycles. The molecule has 1 N–H and O–H groups in total. The Bertz CT molecular complexity index is 664. The number of hydroxylamine groups is 1. The fourth-order valence-corrected chi connectivity index (χ4v) is 3.27. The van der Waals surface area contributed by atoms with E-state index in [2.05, 4.69) is 45.8 Å². The second-order valence-electron chi connectivity index (χ2n) is 5.89. The van der Waals surface area contributed by atoms with Crippen LogP contribution in [0.15, 0.2) is 53.9 Å². The van der Waals surface area contributed by atoms with Gasteiger partial charge in [-0.05, 0) is 30.4 Å².